The van der Waals surface area contributed by atoms with Crippen molar-refractivity contribution in [2.24, 2.45) is 5.73 Å². The molecule has 3 aromatic rings. The number of hydrogen-bond donors (Lipinski definition) is 2. The van der Waals surface area contributed by atoms with Gasteiger partial charge in [-0.25, -0.2) is 9.37 Å². The Kier molecular flexibility index (Phi) is 6.25. The Balaban J connectivity index is 2.42. The van der Waals surface area contributed by atoms with Crippen molar-refractivity contribution >= 4 is 23.2 Å². The van der Waals surface area contributed by atoms with E-state index in [1.54, 1.807) is 12.1 Å². The maximum absolute atomic E-state index is 13.4. The number of nitrogens with two attached hydrogens (primary N) is 1. The van der Waals surface area contributed by atoms with Crippen molar-refractivity contribution < 1.29 is 19.1 Å². The summed E-state index contributed by atoms with van der Waals surface area (Å²) in [5, 5.41) is 11.0. The topological polar surface area (TPSA) is 115 Å². The summed E-state index contributed by atoms with van der Waals surface area (Å²) >= 11 is 0. The first-order valence-electron chi connectivity index (χ1n) is 9.67. The average Bonchev–Trinajstić information content (AvgIpc) is 2.71. The van der Waals surface area contributed by atoms with Gasteiger partial charge in [0.15, 0.2) is 0 Å². The summed E-state index contributed by atoms with van der Waals surface area (Å²) in [5.74, 6) is -2.03. The van der Waals surface area contributed by atoms with Gasteiger partial charge < -0.3 is 15.6 Å². The van der Waals surface area contributed by atoms with Crippen molar-refractivity contribution in [3.8, 4) is 16.9 Å². The van der Waals surface area contributed by atoms with Crippen LogP contribution in [0.15, 0.2) is 35.3 Å². The van der Waals surface area contributed by atoms with Crippen molar-refractivity contribution in [3.63, 3.8) is 0 Å². The largest absolute Gasteiger partial charge is 0.506 e. The Hall–Kier alpha value is -3.55. The number of rotatable bonds is 8. The van der Waals surface area contributed by atoms with Gasteiger partial charge in [0, 0.05) is 11.8 Å². The second-order valence-electron chi connectivity index (χ2n) is 6.98. The highest BCUT2D eigenvalue weighted by Crippen LogP contribution is 2.36. The fourth-order valence-electron chi connectivity index (χ4n) is 3.60. The van der Waals surface area contributed by atoms with E-state index in [1.165, 1.54) is 18.3 Å². The maximum atomic E-state index is 13.4. The van der Waals surface area contributed by atoms with Crippen LogP contribution in [0.4, 0.5) is 4.39 Å². The van der Waals surface area contributed by atoms with Gasteiger partial charge in [-0.15, -0.1) is 0 Å². The molecule has 0 spiro atoms. The number of unbranched alkanes of at least 4 members (excludes halogenated alkanes) is 2. The molecule has 30 heavy (non-hydrogen) atoms. The number of aryl methyl sites for hydroxylation is 1. The van der Waals surface area contributed by atoms with E-state index in [4.69, 9.17) is 5.73 Å². The van der Waals surface area contributed by atoms with Crippen LogP contribution in [0.3, 0.4) is 0 Å². The number of carbonyl (C=O) groups is 2. The zero-order chi connectivity index (χ0) is 21.8. The first kappa shape index (κ1) is 21.2. The summed E-state index contributed by atoms with van der Waals surface area (Å²) in [6.07, 6.45) is 5.22. The van der Waals surface area contributed by atoms with Crippen molar-refractivity contribution in [2.45, 2.75) is 39.2 Å². The number of nitrogens with zero attached hydrogens (tertiary/aromatic N) is 2. The molecule has 0 atom stereocenters. The zero-order valence-electron chi connectivity index (χ0n) is 16.5. The molecule has 2 aromatic heterocycles. The van der Waals surface area contributed by atoms with Gasteiger partial charge in [-0.05, 0) is 36.1 Å². The second kappa shape index (κ2) is 8.86. The first-order chi connectivity index (χ1) is 14.4. The SMILES string of the molecule is CCCCCc1c(-c2ccc(F)cc2)cnc2c1c(O)c(C(N)=O)c(=O)n2CC=O. The molecule has 0 aliphatic heterocycles. The molecule has 8 heteroatoms. The maximum Gasteiger partial charge on any atom is 0.269 e. The molecule has 2 heterocycles. The Morgan fingerprint density at radius 1 is 1.27 bits per heavy atom. The minimum atomic E-state index is -1.09. The lowest BCUT2D eigenvalue weighted by molar-refractivity contribution is -0.108. The molecule has 3 rings (SSSR count). The lowest BCUT2D eigenvalue weighted by Crippen LogP contribution is -2.31. The van der Waals surface area contributed by atoms with Crippen LogP contribution < -0.4 is 11.3 Å². The summed E-state index contributed by atoms with van der Waals surface area (Å²) in [4.78, 5) is 40.0. The molecule has 0 bridgehead atoms. The van der Waals surface area contributed by atoms with E-state index < -0.39 is 28.6 Å². The molecule has 0 radical (unpaired) electrons. The van der Waals surface area contributed by atoms with Crippen LogP contribution in [0.1, 0.15) is 42.1 Å². The third kappa shape index (κ3) is 3.80. The predicted octanol–water partition coefficient (Wildman–Crippen LogP) is 2.94. The molecule has 156 valence electrons. The number of fused-ring (bicyclic) bond motifs is 1. The number of benzene rings is 1. The van der Waals surface area contributed by atoms with Gasteiger partial charge in [0.1, 0.15) is 29.1 Å². The molecule has 0 aliphatic rings. The van der Waals surface area contributed by atoms with E-state index in [-0.39, 0.29) is 17.6 Å². The highest BCUT2D eigenvalue weighted by atomic mass is 19.1. The lowest BCUT2D eigenvalue weighted by Gasteiger charge is -2.17. The van der Waals surface area contributed by atoms with E-state index in [0.29, 0.717) is 29.4 Å². The molecule has 0 aliphatic carbocycles. The number of amides is 1. The number of aromatic hydroxyl groups is 1. The van der Waals surface area contributed by atoms with Crippen LogP contribution >= 0.6 is 0 Å². The third-order valence-corrected chi connectivity index (χ3v) is 5.04. The number of aromatic nitrogens is 2. The van der Waals surface area contributed by atoms with E-state index in [9.17, 15) is 23.9 Å². The second-order valence-corrected chi connectivity index (χ2v) is 6.98. The molecular weight excluding hydrogens is 389 g/mol. The van der Waals surface area contributed by atoms with Gasteiger partial charge in [0.05, 0.1) is 11.9 Å². The van der Waals surface area contributed by atoms with E-state index in [0.717, 1.165) is 23.8 Å². The van der Waals surface area contributed by atoms with Crippen LogP contribution in [0.5, 0.6) is 5.75 Å². The number of carbonyl (C=O) groups excluding carboxylic acids is 2. The normalized spacial score (nSPS) is 11.0. The van der Waals surface area contributed by atoms with Gasteiger partial charge in [-0.3, -0.25) is 14.2 Å². The molecule has 0 saturated carbocycles. The summed E-state index contributed by atoms with van der Waals surface area (Å²) < 4.78 is 14.4. The number of primary amides is 1. The highest BCUT2D eigenvalue weighted by Gasteiger charge is 2.24. The predicted molar refractivity (Wildman–Crippen MR) is 111 cm³/mol. The fraction of sp³-hybridized carbons (Fsp3) is 0.273. The molecule has 7 nitrogen and oxygen atoms in total. The van der Waals surface area contributed by atoms with Gasteiger partial charge in [-0.1, -0.05) is 31.9 Å². The van der Waals surface area contributed by atoms with Crippen molar-refractivity contribution in [3.05, 3.63) is 57.8 Å². The monoisotopic (exact) mass is 411 g/mol. The Labute approximate surface area is 172 Å². The van der Waals surface area contributed by atoms with Gasteiger partial charge in [0.2, 0.25) is 0 Å². The quantitative estimate of drug-likeness (QED) is 0.437. The van der Waals surface area contributed by atoms with Gasteiger partial charge in [0.25, 0.3) is 11.5 Å². The lowest BCUT2D eigenvalue weighted by atomic mass is 9.93. The van der Waals surface area contributed by atoms with Crippen LogP contribution in [0.25, 0.3) is 22.2 Å². The number of pyridine rings is 2. The number of aldehydes is 1. The Morgan fingerprint density at radius 2 is 1.97 bits per heavy atom. The smallest absolute Gasteiger partial charge is 0.269 e. The molecular formula is C22H22FN3O4. The Morgan fingerprint density at radius 3 is 2.57 bits per heavy atom. The molecule has 1 amide bonds. The average molecular weight is 411 g/mol. The standard InChI is InChI=1S/C22H22FN3O4/c1-2-3-4-5-15-16(13-6-8-14(23)9-7-13)12-25-21-17(15)19(28)18(20(24)29)22(30)26(21)10-11-27/h6-9,11-12,28H,2-5,10H2,1H3,(H2,24,29). The van der Waals surface area contributed by atoms with Crippen LogP contribution in [0, 0.1) is 5.82 Å². The molecule has 0 unspecified atom stereocenters. The van der Waals surface area contributed by atoms with E-state index >= 15 is 0 Å². The van der Waals surface area contributed by atoms with E-state index in [1.807, 2.05) is 0 Å². The number of hydrogen-bond acceptors (Lipinski definition) is 5. The van der Waals surface area contributed by atoms with Crippen molar-refractivity contribution in [1.29, 1.82) is 0 Å². The minimum absolute atomic E-state index is 0.0898. The van der Waals surface area contributed by atoms with Crippen molar-refractivity contribution in [1.82, 2.24) is 9.55 Å². The highest BCUT2D eigenvalue weighted by molar-refractivity contribution is 6.03. The Bertz CT molecular complexity index is 1170. The van der Waals surface area contributed by atoms with Gasteiger partial charge in [-0.2, -0.15) is 0 Å². The summed E-state index contributed by atoms with van der Waals surface area (Å²) in [5.41, 5.74) is 5.94. The zero-order valence-corrected chi connectivity index (χ0v) is 16.5. The van der Waals surface area contributed by atoms with Crippen LogP contribution in [0.2, 0.25) is 0 Å². The first-order valence-corrected chi connectivity index (χ1v) is 9.67. The summed E-state index contributed by atoms with van der Waals surface area (Å²) in [6, 6.07) is 5.82. The van der Waals surface area contributed by atoms with Gasteiger partial charge >= 0.3 is 0 Å². The number of halogens is 1. The molecule has 3 N–H and O–H groups in total. The third-order valence-electron chi connectivity index (χ3n) is 5.04. The summed E-state index contributed by atoms with van der Waals surface area (Å²) in [6.45, 7) is 1.71. The molecule has 1 aromatic carbocycles. The minimum Gasteiger partial charge on any atom is -0.506 e. The molecule has 0 fully saturated rings. The van der Waals surface area contributed by atoms with Crippen LogP contribution in [-0.2, 0) is 17.8 Å². The summed E-state index contributed by atoms with van der Waals surface area (Å²) in [7, 11) is 0. The van der Waals surface area contributed by atoms with Crippen LogP contribution in [-0.4, -0.2) is 26.9 Å². The van der Waals surface area contributed by atoms with E-state index in [2.05, 4.69) is 11.9 Å². The van der Waals surface area contributed by atoms with Crippen molar-refractivity contribution in [2.75, 3.05) is 0 Å². The molecule has 0 saturated heterocycles. The fourth-order valence-corrected chi connectivity index (χ4v) is 3.60.